The zero-order valence-electron chi connectivity index (χ0n) is 14.1. The van der Waals surface area contributed by atoms with E-state index in [2.05, 4.69) is 43.9 Å². The van der Waals surface area contributed by atoms with Gasteiger partial charge in [0.05, 0.1) is 16.0 Å². The number of hydrogen-bond acceptors (Lipinski definition) is 6. The zero-order valence-corrected chi connectivity index (χ0v) is 17.3. The number of ketones is 1. The van der Waals surface area contributed by atoms with Crippen molar-refractivity contribution in [2.24, 2.45) is 0 Å². The number of nitrogens with zero attached hydrogens (tertiary/aromatic N) is 3. The van der Waals surface area contributed by atoms with E-state index >= 15 is 0 Å². The number of aromatic nitrogens is 3. The number of thiophene rings is 1. The van der Waals surface area contributed by atoms with Crippen molar-refractivity contribution in [2.45, 2.75) is 18.9 Å². The Bertz CT molecular complexity index is 1140. The molecule has 130 valence electrons. The molecule has 0 aliphatic rings. The minimum absolute atomic E-state index is 0.0838. The quantitative estimate of drug-likeness (QED) is 0.233. The van der Waals surface area contributed by atoms with E-state index in [1.165, 1.54) is 17.3 Å². The first kappa shape index (κ1) is 17.6. The van der Waals surface area contributed by atoms with Gasteiger partial charge in [0.1, 0.15) is 16.2 Å². The SMILES string of the molecule is Cc1cc(C)c2c(n1)sc1c(SCC(=O)c3ccc(Br)cc3)ncnc12. The Balaban J connectivity index is 1.67. The highest BCUT2D eigenvalue weighted by atomic mass is 79.9. The smallest absolute Gasteiger partial charge is 0.173 e. The van der Waals surface area contributed by atoms with Gasteiger partial charge in [-0.2, -0.15) is 0 Å². The molecule has 0 aliphatic heterocycles. The summed E-state index contributed by atoms with van der Waals surface area (Å²) in [6, 6.07) is 9.49. The van der Waals surface area contributed by atoms with Crippen LogP contribution in [0.3, 0.4) is 0 Å². The van der Waals surface area contributed by atoms with Crippen LogP contribution in [0.25, 0.3) is 20.4 Å². The predicted molar refractivity (Wildman–Crippen MR) is 111 cm³/mol. The molecule has 0 fully saturated rings. The van der Waals surface area contributed by atoms with Crippen molar-refractivity contribution >= 4 is 65.2 Å². The van der Waals surface area contributed by atoms with Crippen molar-refractivity contribution in [3.05, 3.63) is 58.0 Å². The molecule has 4 rings (SSSR count). The van der Waals surface area contributed by atoms with Crippen LogP contribution in [0.1, 0.15) is 21.6 Å². The third-order valence-electron chi connectivity index (χ3n) is 4.02. The van der Waals surface area contributed by atoms with Crippen LogP contribution < -0.4 is 0 Å². The van der Waals surface area contributed by atoms with Crippen molar-refractivity contribution in [3.8, 4) is 0 Å². The number of fused-ring (bicyclic) bond motifs is 3. The Morgan fingerprint density at radius 2 is 1.96 bits per heavy atom. The lowest BCUT2D eigenvalue weighted by Gasteiger charge is -2.03. The predicted octanol–water partition coefficient (Wildman–Crippen LogP) is 5.59. The minimum atomic E-state index is 0.0838. The maximum Gasteiger partial charge on any atom is 0.173 e. The molecular weight excluding hydrogens is 430 g/mol. The molecule has 0 aliphatic carbocycles. The number of pyridine rings is 1. The lowest BCUT2D eigenvalue weighted by atomic mass is 10.1. The van der Waals surface area contributed by atoms with E-state index in [1.54, 1.807) is 17.7 Å². The van der Waals surface area contributed by atoms with Crippen LogP contribution in [0.2, 0.25) is 0 Å². The summed E-state index contributed by atoms with van der Waals surface area (Å²) in [7, 11) is 0. The molecular formula is C19H14BrN3OS2. The van der Waals surface area contributed by atoms with E-state index in [4.69, 9.17) is 0 Å². The molecule has 0 amide bonds. The van der Waals surface area contributed by atoms with Gasteiger partial charge in [-0.15, -0.1) is 11.3 Å². The summed E-state index contributed by atoms with van der Waals surface area (Å²) in [5, 5.41) is 1.92. The fraction of sp³-hybridized carbons (Fsp3) is 0.158. The van der Waals surface area contributed by atoms with Gasteiger partial charge >= 0.3 is 0 Å². The molecule has 1 aromatic carbocycles. The van der Waals surface area contributed by atoms with Crippen molar-refractivity contribution in [1.82, 2.24) is 15.0 Å². The molecule has 0 N–H and O–H groups in total. The van der Waals surface area contributed by atoms with Crippen molar-refractivity contribution in [1.29, 1.82) is 0 Å². The second-order valence-corrected chi connectivity index (χ2v) is 8.82. The number of carbonyl (C=O) groups excluding carboxylic acids is 1. The Labute approximate surface area is 167 Å². The maximum absolute atomic E-state index is 12.4. The lowest BCUT2D eigenvalue weighted by molar-refractivity contribution is 0.102. The van der Waals surface area contributed by atoms with Crippen LogP contribution in [-0.4, -0.2) is 26.5 Å². The summed E-state index contributed by atoms with van der Waals surface area (Å²) in [5.41, 5.74) is 3.78. The lowest BCUT2D eigenvalue weighted by Crippen LogP contribution is -2.02. The summed E-state index contributed by atoms with van der Waals surface area (Å²) >= 11 is 6.43. The number of Topliss-reactive ketones (excluding diaryl/α,β-unsaturated/α-hetero) is 1. The fourth-order valence-corrected chi connectivity index (χ4v) is 5.33. The highest BCUT2D eigenvalue weighted by Gasteiger charge is 2.16. The molecule has 0 spiro atoms. The molecule has 0 unspecified atom stereocenters. The van der Waals surface area contributed by atoms with Gasteiger partial charge in [-0.05, 0) is 37.6 Å². The molecule has 4 aromatic rings. The fourth-order valence-electron chi connectivity index (χ4n) is 2.84. The van der Waals surface area contributed by atoms with Gasteiger partial charge in [0.15, 0.2) is 5.78 Å². The molecule has 0 bridgehead atoms. The van der Waals surface area contributed by atoms with Crippen molar-refractivity contribution in [2.75, 3.05) is 5.75 Å². The number of hydrogen-bond donors (Lipinski definition) is 0. The number of rotatable bonds is 4. The van der Waals surface area contributed by atoms with Crippen molar-refractivity contribution in [3.63, 3.8) is 0 Å². The second kappa shape index (κ2) is 7.06. The molecule has 4 nitrogen and oxygen atoms in total. The zero-order chi connectivity index (χ0) is 18.3. The molecule has 26 heavy (non-hydrogen) atoms. The normalized spacial score (nSPS) is 11.3. The van der Waals surface area contributed by atoms with Crippen LogP contribution in [0, 0.1) is 13.8 Å². The molecule has 0 saturated carbocycles. The molecule has 0 radical (unpaired) electrons. The van der Waals surface area contributed by atoms with Crippen molar-refractivity contribution < 1.29 is 4.79 Å². The highest BCUT2D eigenvalue weighted by Crippen LogP contribution is 2.38. The highest BCUT2D eigenvalue weighted by molar-refractivity contribution is 9.10. The Morgan fingerprint density at radius 1 is 1.19 bits per heavy atom. The first-order chi connectivity index (χ1) is 12.5. The van der Waals surface area contributed by atoms with E-state index in [9.17, 15) is 4.79 Å². The Morgan fingerprint density at radius 3 is 2.73 bits per heavy atom. The molecule has 0 saturated heterocycles. The van der Waals surface area contributed by atoms with Crippen LogP contribution >= 0.6 is 39.0 Å². The molecule has 3 heterocycles. The van der Waals surface area contributed by atoms with Gasteiger partial charge in [0, 0.05) is 21.1 Å². The number of carbonyl (C=O) groups is 1. The summed E-state index contributed by atoms with van der Waals surface area (Å²) in [6.07, 6.45) is 1.57. The average Bonchev–Trinajstić information content (AvgIpc) is 2.99. The maximum atomic E-state index is 12.4. The average molecular weight is 444 g/mol. The number of thioether (sulfide) groups is 1. The molecule has 3 aromatic heterocycles. The van der Waals surface area contributed by atoms with Crippen LogP contribution in [-0.2, 0) is 0 Å². The first-order valence-electron chi connectivity index (χ1n) is 7.96. The van der Waals surface area contributed by atoms with E-state index < -0.39 is 0 Å². The van der Waals surface area contributed by atoms with Gasteiger partial charge in [0.25, 0.3) is 0 Å². The summed E-state index contributed by atoms with van der Waals surface area (Å²) in [5.74, 6) is 0.425. The van der Waals surface area contributed by atoms with E-state index in [1.807, 2.05) is 31.2 Å². The number of benzene rings is 1. The van der Waals surface area contributed by atoms with Gasteiger partial charge in [-0.25, -0.2) is 15.0 Å². The summed E-state index contributed by atoms with van der Waals surface area (Å²) in [6.45, 7) is 4.07. The number of aryl methyl sites for hydroxylation is 2. The van der Waals surface area contributed by atoms with Gasteiger partial charge in [-0.3, -0.25) is 4.79 Å². The summed E-state index contributed by atoms with van der Waals surface area (Å²) in [4.78, 5) is 26.9. The monoisotopic (exact) mass is 443 g/mol. The largest absolute Gasteiger partial charge is 0.293 e. The Hall–Kier alpha value is -1.83. The van der Waals surface area contributed by atoms with Crippen LogP contribution in [0.4, 0.5) is 0 Å². The van der Waals surface area contributed by atoms with Crippen LogP contribution in [0.5, 0.6) is 0 Å². The van der Waals surface area contributed by atoms with E-state index in [0.717, 1.165) is 35.6 Å². The Kier molecular flexibility index (Phi) is 4.77. The second-order valence-electron chi connectivity index (χ2n) is 5.94. The standard InChI is InChI=1S/C19H14BrN3OS2/c1-10-7-11(2)23-18-15(10)16-17(26-18)19(22-9-21-16)25-8-14(24)12-3-5-13(20)6-4-12/h3-7,9H,8H2,1-2H3. The third-order valence-corrected chi connectivity index (χ3v) is 6.75. The number of halogens is 1. The van der Waals surface area contributed by atoms with Gasteiger partial charge in [0.2, 0.25) is 0 Å². The first-order valence-corrected chi connectivity index (χ1v) is 10.6. The van der Waals surface area contributed by atoms with Gasteiger partial charge in [-0.1, -0.05) is 39.8 Å². The molecule has 0 atom stereocenters. The topological polar surface area (TPSA) is 55.7 Å². The van der Waals surface area contributed by atoms with E-state index in [-0.39, 0.29) is 5.78 Å². The summed E-state index contributed by atoms with van der Waals surface area (Å²) < 4.78 is 1.96. The molecule has 7 heteroatoms. The third kappa shape index (κ3) is 3.26. The van der Waals surface area contributed by atoms with Crippen LogP contribution in [0.15, 0.2) is 46.2 Å². The van der Waals surface area contributed by atoms with Gasteiger partial charge < -0.3 is 0 Å². The minimum Gasteiger partial charge on any atom is -0.293 e. The van der Waals surface area contributed by atoms with E-state index in [0.29, 0.717) is 11.3 Å².